The highest BCUT2D eigenvalue weighted by atomic mass is 16.3. The molecule has 0 spiro atoms. The van der Waals surface area contributed by atoms with Crippen LogP contribution in [0, 0.1) is 6.85 Å². The number of aromatic nitrogens is 3. The van der Waals surface area contributed by atoms with Gasteiger partial charge < -0.3 is 5.11 Å². The van der Waals surface area contributed by atoms with Gasteiger partial charge in [-0.05, 0) is 128 Å². The van der Waals surface area contributed by atoms with Gasteiger partial charge in [-0.25, -0.2) is 4.98 Å². The van der Waals surface area contributed by atoms with Gasteiger partial charge in [0.15, 0.2) is 0 Å². The number of hydrogen-bond acceptors (Lipinski definition) is 3. The number of pyridine rings is 1. The van der Waals surface area contributed by atoms with Gasteiger partial charge in [0.2, 0.25) is 0 Å². The van der Waals surface area contributed by atoms with E-state index in [9.17, 15) is 5.11 Å². The van der Waals surface area contributed by atoms with Crippen LogP contribution in [0.5, 0.6) is 5.75 Å². The first-order chi connectivity index (χ1) is 39.6. The van der Waals surface area contributed by atoms with Gasteiger partial charge in [-0.3, -0.25) is 9.55 Å². The highest BCUT2D eigenvalue weighted by Crippen LogP contribution is 2.46. The number of aryl methyl sites for hydroxylation is 1. The SMILES string of the molecule is [2H]C([2H])([2H])c1ccc(-c2ccnc(-c3cc(-c4ccccc4)cc(-c4cccc5c4nc(-c4cc(C(C([2H])([2H])[2H])(C([2H])([2H])[2H])C([2H])([2H])[2H])cc(C(C([2H])([2H])[2H])(C([2H])([2H])[2H])C([2H])([2H])[2H])c4O)n5-c4ccc(-c5ccccc5)cc4C(C)(C)C)c3)c2)cc1. The highest BCUT2D eigenvalue weighted by Gasteiger charge is 2.30. The van der Waals surface area contributed by atoms with Gasteiger partial charge in [0, 0.05) is 51.7 Å². The molecule has 0 atom stereocenters. The minimum Gasteiger partial charge on any atom is -0.507 e. The quantitative estimate of drug-likeness (QED) is 0.174. The van der Waals surface area contributed by atoms with Crippen LogP contribution in [0.25, 0.3) is 83.9 Å². The maximum absolute atomic E-state index is 13.1. The molecule has 0 aliphatic rings. The summed E-state index contributed by atoms with van der Waals surface area (Å²) in [4.78, 5) is 9.98. The molecule has 9 aromatic rings. The Labute approximate surface area is 414 Å². The molecule has 0 aliphatic carbocycles. The summed E-state index contributed by atoms with van der Waals surface area (Å²) in [7, 11) is 0. The summed E-state index contributed by atoms with van der Waals surface area (Å²) in [6.07, 6.45) is 1.62. The fourth-order valence-corrected chi connectivity index (χ4v) is 8.36. The zero-order valence-electron chi connectivity index (χ0n) is 57.0. The van der Waals surface area contributed by atoms with Crippen molar-refractivity contribution in [2.75, 3.05) is 0 Å². The van der Waals surface area contributed by atoms with Crippen LogP contribution in [-0.2, 0) is 16.2 Å². The van der Waals surface area contributed by atoms with Crippen molar-refractivity contribution in [2.24, 2.45) is 0 Å². The predicted octanol–water partition coefficient (Wildman–Crippen LogP) is 16.3. The average Bonchev–Trinajstić information content (AvgIpc) is 0.768. The van der Waals surface area contributed by atoms with Crippen molar-refractivity contribution in [3.8, 4) is 78.6 Å². The third-order valence-corrected chi connectivity index (χ3v) is 11.7. The van der Waals surface area contributed by atoms with E-state index in [1.54, 1.807) is 66.9 Å². The average molecular weight is 871 g/mol. The summed E-state index contributed by atoms with van der Waals surface area (Å²) < 4.78 is 184. The first-order valence-corrected chi connectivity index (χ1v) is 21.0. The molecule has 0 amide bonds. The molecule has 2 heterocycles. The Morgan fingerprint density at radius 1 is 0.492 bits per heavy atom. The smallest absolute Gasteiger partial charge is 0.149 e. The molecule has 0 fully saturated rings. The molecule has 4 nitrogen and oxygen atoms in total. The normalized spacial score (nSPS) is 18.4. The van der Waals surface area contributed by atoms with Crippen LogP contribution in [0.2, 0.25) is 0 Å². The van der Waals surface area contributed by atoms with E-state index in [1.807, 2.05) is 112 Å². The fraction of sp³-hybridized carbons (Fsp3) is 0.213. The molecule has 0 unspecified atom stereocenters. The Bertz CT molecular complexity index is 3920. The first-order valence-electron chi connectivity index (χ1n) is 31.5. The number of para-hydroxylation sites is 1. The highest BCUT2D eigenvalue weighted by molar-refractivity contribution is 5.98. The largest absolute Gasteiger partial charge is 0.507 e. The Hall–Kier alpha value is -7.04. The van der Waals surface area contributed by atoms with Crippen molar-refractivity contribution in [2.45, 2.75) is 85.0 Å². The van der Waals surface area contributed by atoms with E-state index in [2.05, 4.69) is 0 Å². The van der Waals surface area contributed by atoms with Gasteiger partial charge in [-0.1, -0.05) is 177 Å². The van der Waals surface area contributed by atoms with Crippen LogP contribution in [0.15, 0.2) is 170 Å². The van der Waals surface area contributed by atoms with E-state index in [-0.39, 0.29) is 22.7 Å². The topological polar surface area (TPSA) is 50.9 Å². The molecule has 0 aliphatic heterocycles. The standard InChI is InChI=1S/C61H59N3O/c1-39-24-26-42(27-25-39)44-30-31-62-53(36-44)47-33-45(41-20-15-12-16-21-41)32-46(34-47)49-22-17-23-55-56(49)63-58(50-37-48(59(2,3)4)38-52(57(50)65)61(8,9)10)64(55)54-29-28-43(35-51(54)60(5,6)7)40-18-13-11-14-19-40/h11-38,65H,1-10H3/i1D3,2D3,3D3,4D3,8D3,9D3,10D3. The van der Waals surface area contributed by atoms with Crippen molar-refractivity contribution < 1.29 is 33.9 Å². The minimum atomic E-state index is -4.16. The van der Waals surface area contributed by atoms with Crippen LogP contribution < -0.4 is 0 Å². The van der Waals surface area contributed by atoms with Crippen molar-refractivity contribution in [3.63, 3.8) is 0 Å². The number of benzene rings is 7. The van der Waals surface area contributed by atoms with E-state index in [0.717, 1.165) is 22.3 Å². The van der Waals surface area contributed by atoms with Crippen LogP contribution in [0.1, 0.15) is 113 Å². The van der Waals surface area contributed by atoms with E-state index in [0.29, 0.717) is 50.8 Å². The molecule has 2 aromatic heterocycles. The number of imidazole rings is 1. The Morgan fingerprint density at radius 2 is 1.12 bits per heavy atom. The summed E-state index contributed by atoms with van der Waals surface area (Å²) in [6, 6.07) is 46.1. The zero-order valence-corrected chi connectivity index (χ0v) is 36.0. The summed E-state index contributed by atoms with van der Waals surface area (Å²) in [5, 5.41) is 13.1. The third-order valence-electron chi connectivity index (χ3n) is 11.7. The van der Waals surface area contributed by atoms with Crippen LogP contribution in [0.3, 0.4) is 0 Å². The van der Waals surface area contributed by atoms with Crippen molar-refractivity contribution in [3.05, 3.63) is 192 Å². The van der Waals surface area contributed by atoms with Crippen molar-refractivity contribution >= 4 is 11.0 Å². The lowest BCUT2D eigenvalue weighted by Crippen LogP contribution is -2.18. The predicted molar refractivity (Wildman–Crippen MR) is 274 cm³/mol. The van der Waals surface area contributed by atoms with Crippen LogP contribution >= 0.6 is 0 Å². The molecule has 0 saturated carbocycles. The van der Waals surface area contributed by atoms with Gasteiger partial charge in [0.05, 0.1) is 28.0 Å². The van der Waals surface area contributed by atoms with Gasteiger partial charge >= 0.3 is 0 Å². The summed E-state index contributed by atoms with van der Waals surface area (Å²) in [5.74, 6) is -1.81. The van der Waals surface area contributed by atoms with Gasteiger partial charge in [-0.2, -0.15) is 0 Å². The monoisotopic (exact) mass is 871 g/mol. The van der Waals surface area contributed by atoms with E-state index >= 15 is 0 Å². The van der Waals surface area contributed by atoms with Crippen molar-refractivity contribution in [1.82, 2.24) is 14.5 Å². The number of rotatable bonds is 7. The van der Waals surface area contributed by atoms with Crippen LogP contribution in [0.4, 0.5) is 0 Å². The Balaban J connectivity index is 1.47. The molecular weight excluding hydrogens is 791 g/mol. The van der Waals surface area contributed by atoms with Crippen LogP contribution in [-0.4, -0.2) is 19.6 Å². The fourth-order valence-electron chi connectivity index (χ4n) is 8.36. The molecule has 4 heteroatoms. The lowest BCUT2D eigenvalue weighted by molar-refractivity contribution is 0.446. The lowest BCUT2D eigenvalue weighted by atomic mass is 9.78. The zero-order chi connectivity index (χ0) is 63.3. The second kappa shape index (κ2) is 16.5. The molecule has 7 aromatic carbocycles. The first kappa shape index (κ1) is 24.9. The number of hydrogen-bond donors (Lipinski definition) is 1. The number of nitrogens with zero attached hydrogens (tertiary/aromatic N) is 3. The molecule has 9 rings (SSSR count). The maximum Gasteiger partial charge on any atom is 0.149 e. The van der Waals surface area contributed by atoms with E-state index in [1.165, 1.54) is 4.57 Å². The number of fused-ring (bicyclic) bond motifs is 1. The summed E-state index contributed by atoms with van der Waals surface area (Å²) in [5.41, 5.74) is -4.50. The molecule has 324 valence electrons. The van der Waals surface area contributed by atoms with Gasteiger partial charge in [0.25, 0.3) is 0 Å². The van der Waals surface area contributed by atoms with Crippen molar-refractivity contribution in [1.29, 1.82) is 0 Å². The Morgan fingerprint density at radius 3 is 1.80 bits per heavy atom. The number of phenolic OH excluding ortho intramolecular Hbond substituents is 1. The van der Waals surface area contributed by atoms with Gasteiger partial charge in [0.1, 0.15) is 11.6 Å². The molecule has 1 N–H and O–H groups in total. The summed E-state index contributed by atoms with van der Waals surface area (Å²) in [6.45, 7) is -21.2. The Kier molecular flexibility index (Phi) is 6.31. The summed E-state index contributed by atoms with van der Waals surface area (Å²) >= 11 is 0. The molecule has 65 heavy (non-hydrogen) atoms. The number of phenols is 1. The van der Waals surface area contributed by atoms with E-state index < -0.39 is 92.5 Å². The molecular formula is C61H59N3O. The molecule has 0 saturated heterocycles. The second-order valence-corrected chi connectivity index (χ2v) is 17.4. The minimum absolute atomic E-state index is 0.135. The second-order valence-electron chi connectivity index (χ2n) is 17.4. The third kappa shape index (κ3) is 8.54. The van der Waals surface area contributed by atoms with E-state index in [4.69, 9.17) is 38.8 Å². The molecule has 0 bridgehead atoms. The molecule has 0 radical (unpaired) electrons. The maximum atomic E-state index is 13.1. The lowest BCUT2D eigenvalue weighted by Gasteiger charge is -2.28. The van der Waals surface area contributed by atoms with Gasteiger partial charge in [-0.15, -0.1) is 0 Å². The number of aromatic hydroxyl groups is 1.